The van der Waals surface area contributed by atoms with Crippen LogP contribution in [0.2, 0.25) is 0 Å². The standard InChI is InChI=1S/C21H24NO3S/c1-6-15-14-17(25-21(23)22(3)4)10-13-19(15)20(7-2)24-16-8-11-18(26-5)12-9-16/h6,8-14,20H,1-2,7H2,3-5H3. The lowest BCUT2D eigenvalue weighted by Crippen LogP contribution is -2.25. The minimum Gasteiger partial charge on any atom is -0.486 e. The van der Waals surface area contributed by atoms with Crippen molar-refractivity contribution in [3.05, 3.63) is 67.1 Å². The molecule has 1 atom stereocenters. The second kappa shape index (κ2) is 9.34. The van der Waals surface area contributed by atoms with Gasteiger partial charge in [0.05, 0.1) is 0 Å². The molecule has 0 saturated carbocycles. The largest absolute Gasteiger partial charge is 0.486 e. The second-order valence-corrected chi connectivity index (χ2v) is 6.71. The van der Waals surface area contributed by atoms with Gasteiger partial charge in [-0.05, 0) is 67.1 Å². The number of thioether (sulfide) groups is 1. The highest BCUT2D eigenvalue weighted by molar-refractivity contribution is 7.98. The Kier molecular flexibility index (Phi) is 7.16. The van der Waals surface area contributed by atoms with Gasteiger partial charge in [0, 0.05) is 19.0 Å². The molecule has 0 aromatic heterocycles. The maximum absolute atomic E-state index is 11.7. The van der Waals surface area contributed by atoms with Crippen molar-refractivity contribution in [2.75, 3.05) is 20.4 Å². The van der Waals surface area contributed by atoms with Gasteiger partial charge < -0.3 is 14.4 Å². The van der Waals surface area contributed by atoms with E-state index in [1.165, 1.54) is 9.80 Å². The number of nitrogens with zero attached hydrogens (tertiary/aromatic N) is 1. The quantitative estimate of drug-likeness (QED) is 0.607. The van der Waals surface area contributed by atoms with Gasteiger partial charge in [-0.15, -0.1) is 11.8 Å². The van der Waals surface area contributed by atoms with E-state index in [4.69, 9.17) is 9.47 Å². The molecule has 0 aliphatic heterocycles. The van der Waals surface area contributed by atoms with Crippen molar-refractivity contribution in [2.24, 2.45) is 0 Å². The molecule has 4 nitrogen and oxygen atoms in total. The van der Waals surface area contributed by atoms with Crippen LogP contribution in [0.1, 0.15) is 23.7 Å². The molecular weight excluding hydrogens is 346 g/mol. The summed E-state index contributed by atoms with van der Waals surface area (Å²) < 4.78 is 11.4. The number of amides is 1. The first kappa shape index (κ1) is 19.9. The second-order valence-electron chi connectivity index (χ2n) is 5.83. The molecule has 2 aromatic carbocycles. The smallest absolute Gasteiger partial charge is 0.414 e. The van der Waals surface area contributed by atoms with Crippen LogP contribution >= 0.6 is 11.8 Å². The van der Waals surface area contributed by atoms with Crippen LogP contribution < -0.4 is 9.47 Å². The number of hydrogen-bond donors (Lipinski definition) is 0. The van der Waals surface area contributed by atoms with Gasteiger partial charge in [0.1, 0.15) is 17.6 Å². The first-order chi connectivity index (χ1) is 12.5. The molecule has 0 spiro atoms. The number of benzene rings is 2. The van der Waals surface area contributed by atoms with E-state index in [2.05, 4.69) is 13.5 Å². The number of ether oxygens (including phenoxy) is 2. The molecule has 1 amide bonds. The van der Waals surface area contributed by atoms with Crippen LogP contribution in [0.25, 0.3) is 6.08 Å². The van der Waals surface area contributed by atoms with Crippen LogP contribution in [-0.4, -0.2) is 31.3 Å². The van der Waals surface area contributed by atoms with E-state index in [1.54, 1.807) is 44.1 Å². The Morgan fingerprint density at radius 1 is 1.19 bits per heavy atom. The molecule has 1 radical (unpaired) electrons. The van der Waals surface area contributed by atoms with Crippen LogP contribution in [0.15, 0.2) is 53.9 Å². The average molecular weight is 370 g/mol. The lowest BCUT2D eigenvalue weighted by molar-refractivity contribution is 0.172. The van der Waals surface area contributed by atoms with Gasteiger partial charge in [-0.25, -0.2) is 4.79 Å². The maximum Gasteiger partial charge on any atom is 0.414 e. The highest BCUT2D eigenvalue weighted by atomic mass is 32.2. The SMILES string of the molecule is [CH2]CC(Oc1ccc(SC)cc1)c1ccc(OC(=O)N(C)C)cc1C=C. The molecule has 0 N–H and O–H groups in total. The molecule has 2 aromatic rings. The first-order valence-corrected chi connectivity index (χ1v) is 9.46. The fourth-order valence-corrected chi connectivity index (χ4v) is 2.78. The molecule has 0 heterocycles. The van der Waals surface area contributed by atoms with Gasteiger partial charge in [-0.2, -0.15) is 0 Å². The highest BCUT2D eigenvalue weighted by Crippen LogP contribution is 2.31. The Labute approximate surface area is 159 Å². The van der Waals surface area contributed by atoms with Crippen molar-refractivity contribution in [1.82, 2.24) is 4.90 Å². The third kappa shape index (κ3) is 5.05. The number of hydrogen-bond acceptors (Lipinski definition) is 4. The van der Waals surface area contributed by atoms with Crippen LogP contribution in [-0.2, 0) is 0 Å². The summed E-state index contributed by atoms with van der Waals surface area (Å²) in [6.45, 7) is 7.87. The van der Waals surface area contributed by atoms with E-state index >= 15 is 0 Å². The summed E-state index contributed by atoms with van der Waals surface area (Å²) in [6, 6.07) is 13.4. The number of rotatable bonds is 7. The Hall–Kier alpha value is -2.40. The number of carbonyl (C=O) groups is 1. The van der Waals surface area contributed by atoms with Crippen LogP contribution in [0, 0.1) is 6.92 Å². The molecule has 5 heteroatoms. The van der Waals surface area contributed by atoms with Crippen LogP contribution in [0.4, 0.5) is 4.79 Å². The van der Waals surface area contributed by atoms with Gasteiger partial charge in [0.15, 0.2) is 0 Å². The maximum atomic E-state index is 11.7. The van der Waals surface area contributed by atoms with E-state index in [1.807, 2.05) is 36.6 Å². The van der Waals surface area contributed by atoms with Crippen molar-refractivity contribution < 1.29 is 14.3 Å². The molecule has 2 rings (SSSR count). The Balaban J connectivity index is 2.22. The van der Waals surface area contributed by atoms with Gasteiger partial charge in [0.25, 0.3) is 0 Å². The van der Waals surface area contributed by atoms with Crippen molar-refractivity contribution in [2.45, 2.75) is 17.4 Å². The third-order valence-electron chi connectivity index (χ3n) is 3.80. The Bertz CT molecular complexity index is 756. The first-order valence-electron chi connectivity index (χ1n) is 8.24. The van der Waals surface area contributed by atoms with Crippen molar-refractivity contribution in [3.63, 3.8) is 0 Å². The predicted octanol–water partition coefficient (Wildman–Crippen LogP) is 5.46. The van der Waals surface area contributed by atoms with Crippen molar-refractivity contribution >= 4 is 23.9 Å². The molecule has 26 heavy (non-hydrogen) atoms. The zero-order valence-corrected chi connectivity index (χ0v) is 16.2. The van der Waals surface area contributed by atoms with Gasteiger partial charge in [-0.3, -0.25) is 0 Å². The fraction of sp³-hybridized carbons (Fsp3) is 0.238. The summed E-state index contributed by atoms with van der Waals surface area (Å²) in [7, 11) is 3.28. The molecule has 0 bridgehead atoms. The predicted molar refractivity (Wildman–Crippen MR) is 108 cm³/mol. The van der Waals surface area contributed by atoms with E-state index in [9.17, 15) is 4.79 Å². The Morgan fingerprint density at radius 3 is 2.38 bits per heavy atom. The molecule has 0 aliphatic rings. The van der Waals surface area contributed by atoms with Gasteiger partial charge in [-0.1, -0.05) is 18.7 Å². The average Bonchev–Trinajstić information content (AvgIpc) is 2.66. The molecule has 1 unspecified atom stereocenters. The van der Waals surface area contributed by atoms with Crippen molar-refractivity contribution in [3.8, 4) is 11.5 Å². The molecule has 0 saturated heterocycles. The minimum atomic E-state index is -0.424. The minimum absolute atomic E-state index is 0.221. The van der Waals surface area contributed by atoms with Crippen LogP contribution in [0.3, 0.4) is 0 Å². The molecule has 0 aliphatic carbocycles. The van der Waals surface area contributed by atoms with Crippen LogP contribution in [0.5, 0.6) is 11.5 Å². The fourth-order valence-electron chi connectivity index (χ4n) is 2.37. The van der Waals surface area contributed by atoms with Gasteiger partial charge >= 0.3 is 6.09 Å². The monoisotopic (exact) mass is 370 g/mol. The van der Waals surface area contributed by atoms with E-state index in [-0.39, 0.29) is 6.10 Å². The number of carbonyl (C=O) groups excluding carboxylic acids is 1. The van der Waals surface area contributed by atoms with E-state index in [0.29, 0.717) is 12.2 Å². The summed E-state index contributed by atoms with van der Waals surface area (Å²) in [5.74, 6) is 1.25. The summed E-state index contributed by atoms with van der Waals surface area (Å²) in [5, 5.41) is 0. The summed E-state index contributed by atoms with van der Waals surface area (Å²) in [4.78, 5) is 14.3. The Morgan fingerprint density at radius 2 is 1.85 bits per heavy atom. The molecule has 137 valence electrons. The van der Waals surface area contributed by atoms with Gasteiger partial charge in [0.2, 0.25) is 0 Å². The third-order valence-corrected chi connectivity index (χ3v) is 4.54. The topological polar surface area (TPSA) is 38.8 Å². The van der Waals surface area contributed by atoms with E-state index < -0.39 is 6.09 Å². The van der Waals surface area contributed by atoms with E-state index in [0.717, 1.165) is 16.9 Å². The lowest BCUT2D eigenvalue weighted by atomic mass is 10.00. The lowest BCUT2D eigenvalue weighted by Gasteiger charge is -2.21. The highest BCUT2D eigenvalue weighted by Gasteiger charge is 2.16. The molecular formula is C21H24NO3S. The zero-order valence-electron chi connectivity index (χ0n) is 15.4. The normalized spacial score (nSPS) is 11.5. The summed E-state index contributed by atoms with van der Waals surface area (Å²) in [5.41, 5.74) is 1.80. The zero-order chi connectivity index (χ0) is 19.1. The molecule has 0 fully saturated rings. The summed E-state index contributed by atoms with van der Waals surface area (Å²) in [6.07, 6.45) is 3.68. The van der Waals surface area contributed by atoms with Crippen molar-refractivity contribution in [1.29, 1.82) is 0 Å². The summed E-state index contributed by atoms with van der Waals surface area (Å²) >= 11 is 1.69.